The number of anilines is 1. The number of likely N-dealkylation sites (tertiary alicyclic amines) is 1. The Balaban J connectivity index is 1.60. The van der Waals surface area contributed by atoms with Gasteiger partial charge in [-0.05, 0) is 59.3 Å². The molecule has 3 fully saturated rings. The third-order valence-electron chi connectivity index (χ3n) is 8.88. The van der Waals surface area contributed by atoms with Gasteiger partial charge < -0.3 is 25.0 Å². The zero-order valence-electron chi connectivity index (χ0n) is 29.6. The van der Waals surface area contributed by atoms with E-state index < -0.39 is 85.8 Å². The fourth-order valence-corrected chi connectivity index (χ4v) is 7.24. The zero-order valence-corrected chi connectivity index (χ0v) is 30.4. The van der Waals surface area contributed by atoms with Gasteiger partial charge in [0.05, 0.1) is 28.9 Å². The summed E-state index contributed by atoms with van der Waals surface area (Å²) >= 11 is 0. The van der Waals surface area contributed by atoms with Crippen LogP contribution < -0.4 is 20.7 Å². The molecule has 16 nitrogen and oxygen atoms in total. The summed E-state index contributed by atoms with van der Waals surface area (Å²) in [6.07, 6.45) is -0.335. The van der Waals surface area contributed by atoms with Gasteiger partial charge in [-0.25, -0.2) is 18.0 Å². The van der Waals surface area contributed by atoms with Crippen LogP contribution >= 0.6 is 0 Å². The number of sulfonamides is 1. The molecule has 1 aromatic rings. The van der Waals surface area contributed by atoms with Crippen molar-refractivity contribution in [1.82, 2.24) is 30.0 Å². The number of alkyl carbamates (subject to hydrolysis) is 1. The first-order valence-corrected chi connectivity index (χ1v) is 17.8. The van der Waals surface area contributed by atoms with Crippen molar-refractivity contribution >= 4 is 45.6 Å². The van der Waals surface area contributed by atoms with Crippen LogP contribution in [0, 0.1) is 25.2 Å². The number of nitrogens with one attached hydrogen (secondary N) is 4. The molecule has 2 saturated carbocycles. The largest absolute Gasteiger partial charge is 0.444 e. The highest BCUT2D eigenvalue weighted by Crippen LogP contribution is 2.45. The highest BCUT2D eigenvalue weighted by Gasteiger charge is 2.62. The number of hydrogen-bond acceptors (Lipinski definition) is 10. The van der Waals surface area contributed by atoms with E-state index in [9.17, 15) is 32.4 Å². The molecule has 5 atom stereocenters. The van der Waals surface area contributed by atoms with Crippen molar-refractivity contribution in [1.29, 1.82) is 0 Å². The predicted octanol–water partition coefficient (Wildman–Crippen LogP) is 2.16. The smallest absolute Gasteiger partial charge is 0.412 e. The molecule has 1 aromatic heterocycles. The summed E-state index contributed by atoms with van der Waals surface area (Å²) in [5.74, 6) is -2.85. The molecule has 4 rings (SSSR count). The molecule has 1 saturated heterocycles. The maximum atomic E-state index is 14.3. The summed E-state index contributed by atoms with van der Waals surface area (Å²) in [5, 5.41) is 11.6. The minimum absolute atomic E-state index is 0.103. The average Bonchev–Trinajstić information content (AvgIpc) is 3.87. The molecule has 0 bridgehead atoms. The van der Waals surface area contributed by atoms with Crippen molar-refractivity contribution in [3.8, 4) is 0 Å². The molecule has 4 N–H and O–H groups in total. The third-order valence-corrected chi connectivity index (χ3v) is 10.7. The molecule has 1 aliphatic heterocycles. The SMILES string of the molecule is C=CC1CC1(NC(=O)C1CC(OC(=O)Nc2c(C)nn(C)c2C)CN1C(=O)C(NC(=O)OC(C)(C)C)C(C)(C)C)C(=O)NS(=O)(=O)C1CC1. The Morgan fingerprint density at radius 3 is 2.18 bits per heavy atom. The summed E-state index contributed by atoms with van der Waals surface area (Å²) in [6, 6.07) is -2.43. The first-order chi connectivity index (χ1) is 22.5. The van der Waals surface area contributed by atoms with Gasteiger partial charge in [0, 0.05) is 19.4 Å². The Hall–Kier alpha value is -4.15. The first-order valence-electron chi connectivity index (χ1n) is 16.3. The number of amides is 5. The van der Waals surface area contributed by atoms with Crippen LogP contribution in [-0.2, 0) is 40.9 Å². The first kappa shape index (κ1) is 37.7. The van der Waals surface area contributed by atoms with Crippen LogP contribution in [-0.4, -0.2) is 94.1 Å². The monoisotopic (exact) mass is 707 g/mol. The highest BCUT2D eigenvalue weighted by atomic mass is 32.2. The van der Waals surface area contributed by atoms with Crippen molar-refractivity contribution in [2.45, 2.75) is 116 Å². The second-order valence-corrected chi connectivity index (χ2v) is 17.2. The van der Waals surface area contributed by atoms with Crippen LogP contribution in [0.1, 0.15) is 78.6 Å². The summed E-state index contributed by atoms with van der Waals surface area (Å²) in [5.41, 5.74) is -1.60. The number of nitrogens with zero attached hydrogens (tertiary/aromatic N) is 3. The molecule has 17 heteroatoms. The summed E-state index contributed by atoms with van der Waals surface area (Å²) in [6.45, 7) is 17.2. The predicted molar refractivity (Wildman–Crippen MR) is 179 cm³/mol. The lowest BCUT2D eigenvalue weighted by Gasteiger charge is -2.36. The van der Waals surface area contributed by atoms with Gasteiger partial charge in [0.2, 0.25) is 21.8 Å². The Morgan fingerprint density at radius 2 is 1.69 bits per heavy atom. The van der Waals surface area contributed by atoms with E-state index in [0.29, 0.717) is 29.9 Å². The summed E-state index contributed by atoms with van der Waals surface area (Å²) < 4.78 is 40.0. The number of rotatable bonds is 10. The molecule has 3 aliphatic rings. The number of hydrogen-bond donors (Lipinski definition) is 4. The molecular weight excluding hydrogens is 658 g/mol. The van der Waals surface area contributed by atoms with Gasteiger partial charge in [0.1, 0.15) is 29.3 Å². The van der Waals surface area contributed by atoms with E-state index in [1.807, 2.05) is 0 Å². The number of ether oxygens (including phenoxy) is 2. The van der Waals surface area contributed by atoms with Crippen LogP contribution in [0.4, 0.5) is 15.3 Å². The van der Waals surface area contributed by atoms with Crippen LogP contribution in [0.2, 0.25) is 0 Å². The fourth-order valence-electron chi connectivity index (χ4n) is 5.87. The van der Waals surface area contributed by atoms with Crippen molar-refractivity contribution in [2.75, 3.05) is 11.9 Å². The summed E-state index contributed by atoms with van der Waals surface area (Å²) in [4.78, 5) is 68.7. The Kier molecular flexibility index (Phi) is 10.2. The minimum Gasteiger partial charge on any atom is -0.444 e. The minimum atomic E-state index is -3.92. The highest BCUT2D eigenvalue weighted by molar-refractivity contribution is 7.91. The van der Waals surface area contributed by atoms with Gasteiger partial charge >= 0.3 is 12.2 Å². The normalized spacial score (nSPS) is 24.3. The lowest BCUT2D eigenvalue weighted by molar-refractivity contribution is -0.143. The standard InChI is InChI=1S/C32H49N7O9S/c1-11-19-15-32(19,27(42)37-49(45,46)21-12-13-21)35-25(40)22-14-20(47-28(43)33-23-17(2)36-38(10)18(23)3)16-39(22)26(41)24(30(4,5)6)34-29(44)48-31(7,8)9/h11,19-22,24H,1,12-16H2,2-10H3,(H,33,43)(H,34,44)(H,35,40)(H,37,42). The molecular formula is C32H49N7O9S. The van der Waals surface area contributed by atoms with Crippen LogP contribution in [0.3, 0.4) is 0 Å². The molecule has 2 heterocycles. The molecule has 0 aromatic carbocycles. The Bertz CT molecular complexity index is 1640. The second kappa shape index (κ2) is 13.3. The van der Waals surface area contributed by atoms with Crippen molar-refractivity contribution in [2.24, 2.45) is 18.4 Å². The average molecular weight is 708 g/mol. The molecule has 0 radical (unpaired) electrons. The second-order valence-electron chi connectivity index (χ2n) is 15.2. The van der Waals surface area contributed by atoms with E-state index in [1.165, 1.54) is 11.0 Å². The van der Waals surface area contributed by atoms with E-state index in [0.717, 1.165) is 0 Å². The maximum Gasteiger partial charge on any atom is 0.412 e. The topological polar surface area (TPSA) is 207 Å². The number of carbonyl (C=O) groups is 5. The molecule has 0 spiro atoms. The number of carbonyl (C=O) groups excluding carboxylic acids is 5. The van der Waals surface area contributed by atoms with Gasteiger partial charge in [-0.3, -0.25) is 29.1 Å². The van der Waals surface area contributed by atoms with Crippen LogP contribution in [0.25, 0.3) is 0 Å². The van der Waals surface area contributed by atoms with E-state index >= 15 is 0 Å². The van der Waals surface area contributed by atoms with Gasteiger partial charge in [-0.1, -0.05) is 26.8 Å². The van der Waals surface area contributed by atoms with E-state index in [4.69, 9.17) is 9.47 Å². The molecule has 5 unspecified atom stereocenters. The van der Waals surface area contributed by atoms with Gasteiger partial charge in [-0.2, -0.15) is 5.10 Å². The van der Waals surface area contributed by atoms with Gasteiger partial charge in [0.15, 0.2) is 0 Å². The van der Waals surface area contributed by atoms with Crippen molar-refractivity contribution in [3.05, 3.63) is 24.0 Å². The van der Waals surface area contributed by atoms with Crippen LogP contribution in [0.15, 0.2) is 12.7 Å². The Morgan fingerprint density at radius 1 is 1.06 bits per heavy atom. The zero-order chi connectivity index (χ0) is 36.9. The van der Waals surface area contributed by atoms with Gasteiger partial charge in [0.25, 0.3) is 5.91 Å². The lowest BCUT2D eigenvalue weighted by atomic mass is 9.85. The van der Waals surface area contributed by atoms with Crippen LogP contribution in [0.5, 0.6) is 0 Å². The number of aromatic nitrogens is 2. The Labute approximate surface area is 287 Å². The fraction of sp³-hybridized carbons (Fsp3) is 0.688. The third kappa shape index (κ3) is 8.54. The molecule has 49 heavy (non-hydrogen) atoms. The van der Waals surface area contributed by atoms with E-state index in [1.54, 1.807) is 67.1 Å². The van der Waals surface area contributed by atoms with E-state index in [-0.39, 0.29) is 19.4 Å². The number of aryl methyl sites for hydroxylation is 2. The van der Waals surface area contributed by atoms with Crippen molar-refractivity contribution in [3.63, 3.8) is 0 Å². The molecule has 272 valence electrons. The van der Waals surface area contributed by atoms with Crippen molar-refractivity contribution < 1.29 is 41.9 Å². The maximum absolute atomic E-state index is 14.3. The van der Waals surface area contributed by atoms with Gasteiger partial charge in [-0.15, -0.1) is 6.58 Å². The quantitative estimate of drug-likeness (QED) is 0.261. The lowest BCUT2D eigenvalue weighted by Crippen LogP contribution is -2.60. The molecule has 5 amide bonds. The van der Waals surface area contributed by atoms with E-state index in [2.05, 4.69) is 32.4 Å². The summed E-state index contributed by atoms with van der Waals surface area (Å²) in [7, 11) is -2.19. The molecule has 2 aliphatic carbocycles.